The second-order valence-electron chi connectivity index (χ2n) is 4.22. The summed E-state index contributed by atoms with van der Waals surface area (Å²) in [5.41, 5.74) is 3.99. The van der Waals surface area contributed by atoms with Crippen LogP contribution in [0.5, 0.6) is 0 Å². The molecule has 16 heavy (non-hydrogen) atoms. The molecule has 0 bridgehead atoms. The quantitative estimate of drug-likeness (QED) is 0.703. The van der Waals surface area contributed by atoms with Crippen LogP contribution in [0.4, 0.5) is 0 Å². The lowest BCUT2D eigenvalue weighted by atomic mass is 9.93. The van der Waals surface area contributed by atoms with Crippen LogP contribution in [0.15, 0.2) is 53.0 Å². The van der Waals surface area contributed by atoms with Crippen LogP contribution in [0, 0.1) is 0 Å². The summed E-state index contributed by atoms with van der Waals surface area (Å²) in [5, 5.41) is 0. The fourth-order valence-electron chi connectivity index (χ4n) is 1.93. The molecule has 0 radical (unpaired) electrons. The molecule has 0 unspecified atom stereocenters. The van der Waals surface area contributed by atoms with E-state index in [9.17, 15) is 0 Å². The Morgan fingerprint density at radius 2 is 1.38 bits per heavy atom. The molecule has 0 spiro atoms. The highest BCUT2D eigenvalue weighted by molar-refractivity contribution is 9.10. The van der Waals surface area contributed by atoms with Crippen molar-refractivity contribution in [1.29, 1.82) is 0 Å². The van der Waals surface area contributed by atoms with Crippen molar-refractivity contribution in [2.24, 2.45) is 0 Å². The molecule has 0 nitrogen and oxygen atoms in total. The van der Waals surface area contributed by atoms with Gasteiger partial charge in [0.25, 0.3) is 0 Å². The van der Waals surface area contributed by atoms with Gasteiger partial charge in [-0.05, 0) is 28.7 Å². The molecule has 0 heterocycles. The van der Waals surface area contributed by atoms with E-state index in [1.165, 1.54) is 16.7 Å². The van der Waals surface area contributed by atoms with Gasteiger partial charge >= 0.3 is 0 Å². The van der Waals surface area contributed by atoms with Crippen molar-refractivity contribution in [3.8, 4) is 11.1 Å². The van der Waals surface area contributed by atoms with Crippen molar-refractivity contribution < 1.29 is 0 Å². The van der Waals surface area contributed by atoms with Crippen molar-refractivity contribution in [2.75, 3.05) is 0 Å². The first-order valence-corrected chi connectivity index (χ1v) is 6.33. The van der Waals surface area contributed by atoms with Gasteiger partial charge in [0, 0.05) is 4.47 Å². The Morgan fingerprint density at radius 1 is 0.812 bits per heavy atom. The molecule has 0 aliphatic heterocycles. The van der Waals surface area contributed by atoms with E-state index in [2.05, 4.69) is 72.2 Å². The molecule has 2 rings (SSSR count). The van der Waals surface area contributed by atoms with E-state index in [1.807, 2.05) is 6.07 Å². The largest absolute Gasteiger partial charge is 0.0619 e. The minimum atomic E-state index is 0.545. The van der Waals surface area contributed by atoms with E-state index in [4.69, 9.17) is 0 Å². The highest BCUT2D eigenvalue weighted by Gasteiger charge is 2.09. The van der Waals surface area contributed by atoms with Crippen LogP contribution in [0.3, 0.4) is 0 Å². The molecule has 0 saturated heterocycles. The van der Waals surface area contributed by atoms with Crippen LogP contribution >= 0.6 is 15.9 Å². The fraction of sp³-hybridized carbons (Fsp3) is 0.200. The van der Waals surface area contributed by atoms with Crippen molar-refractivity contribution in [2.45, 2.75) is 19.8 Å². The molecule has 0 aromatic heterocycles. The van der Waals surface area contributed by atoms with E-state index < -0.39 is 0 Å². The third kappa shape index (κ3) is 2.19. The van der Waals surface area contributed by atoms with Crippen LogP contribution in [0.1, 0.15) is 25.3 Å². The molecule has 0 fully saturated rings. The van der Waals surface area contributed by atoms with Gasteiger partial charge in [0.2, 0.25) is 0 Å². The topological polar surface area (TPSA) is 0 Å². The lowest BCUT2D eigenvalue weighted by Crippen LogP contribution is -1.92. The normalized spacial score (nSPS) is 10.8. The molecule has 0 atom stereocenters. The monoisotopic (exact) mass is 274 g/mol. The van der Waals surface area contributed by atoms with Gasteiger partial charge in [0.15, 0.2) is 0 Å². The molecule has 82 valence electrons. The Hall–Kier alpha value is -1.08. The molecule has 0 aliphatic carbocycles. The van der Waals surface area contributed by atoms with Gasteiger partial charge in [-0.25, -0.2) is 0 Å². The second kappa shape index (κ2) is 4.84. The number of hydrogen-bond donors (Lipinski definition) is 0. The summed E-state index contributed by atoms with van der Waals surface area (Å²) >= 11 is 3.62. The Morgan fingerprint density at radius 3 is 2.00 bits per heavy atom. The molecule has 0 saturated carbocycles. The summed E-state index contributed by atoms with van der Waals surface area (Å²) in [6, 6.07) is 17.0. The summed E-state index contributed by atoms with van der Waals surface area (Å²) in [6.45, 7) is 4.46. The summed E-state index contributed by atoms with van der Waals surface area (Å²) in [5.74, 6) is 0.545. The standard InChI is InChI=1S/C15H15Br/c1-11(2)12-7-3-4-8-13(12)14-9-5-6-10-15(14)16/h3-11H,1-2H3. The smallest absolute Gasteiger partial charge is 0.0253 e. The van der Waals surface area contributed by atoms with Gasteiger partial charge in [-0.2, -0.15) is 0 Å². The molecule has 0 N–H and O–H groups in total. The van der Waals surface area contributed by atoms with Gasteiger partial charge in [-0.15, -0.1) is 0 Å². The van der Waals surface area contributed by atoms with E-state index >= 15 is 0 Å². The molecular formula is C15H15Br. The van der Waals surface area contributed by atoms with Crippen molar-refractivity contribution >= 4 is 15.9 Å². The van der Waals surface area contributed by atoms with Gasteiger partial charge in [-0.1, -0.05) is 72.2 Å². The molecular weight excluding hydrogens is 260 g/mol. The highest BCUT2D eigenvalue weighted by Crippen LogP contribution is 2.33. The third-order valence-electron chi connectivity index (χ3n) is 2.75. The summed E-state index contributed by atoms with van der Waals surface area (Å²) in [6.07, 6.45) is 0. The van der Waals surface area contributed by atoms with Crippen LogP contribution in [-0.2, 0) is 0 Å². The first-order valence-electron chi connectivity index (χ1n) is 5.54. The number of rotatable bonds is 2. The van der Waals surface area contributed by atoms with Crippen LogP contribution < -0.4 is 0 Å². The maximum atomic E-state index is 3.62. The Labute approximate surface area is 105 Å². The van der Waals surface area contributed by atoms with Crippen molar-refractivity contribution in [1.82, 2.24) is 0 Å². The van der Waals surface area contributed by atoms with Crippen LogP contribution in [0.25, 0.3) is 11.1 Å². The predicted octanol–water partition coefficient (Wildman–Crippen LogP) is 5.24. The number of benzene rings is 2. The Kier molecular flexibility index (Phi) is 3.45. The Balaban J connectivity index is 2.60. The SMILES string of the molecule is CC(C)c1ccccc1-c1ccccc1Br. The molecule has 1 heteroatoms. The first kappa shape index (κ1) is 11.4. The van der Waals surface area contributed by atoms with Crippen LogP contribution in [-0.4, -0.2) is 0 Å². The average Bonchev–Trinajstić information content (AvgIpc) is 2.29. The molecule has 0 aliphatic rings. The van der Waals surface area contributed by atoms with E-state index in [-0.39, 0.29) is 0 Å². The zero-order valence-corrected chi connectivity index (χ0v) is 11.2. The second-order valence-corrected chi connectivity index (χ2v) is 5.08. The lowest BCUT2D eigenvalue weighted by Gasteiger charge is -2.13. The molecule has 2 aromatic rings. The highest BCUT2D eigenvalue weighted by atomic mass is 79.9. The summed E-state index contributed by atoms with van der Waals surface area (Å²) < 4.78 is 1.16. The number of hydrogen-bond acceptors (Lipinski definition) is 0. The molecule has 2 aromatic carbocycles. The minimum Gasteiger partial charge on any atom is -0.0619 e. The van der Waals surface area contributed by atoms with E-state index in [0.717, 1.165) is 4.47 Å². The summed E-state index contributed by atoms with van der Waals surface area (Å²) in [4.78, 5) is 0. The third-order valence-corrected chi connectivity index (χ3v) is 3.44. The van der Waals surface area contributed by atoms with E-state index in [1.54, 1.807) is 0 Å². The van der Waals surface area contributed by atoms with E-state index in [0.29, 0.717) is 5.92 Å². The zero-order valence-electron chi connectivity index (χ0n) is 9.57. The molecule has 0 amide bonds. The van der Waals surface area contributed by atoms with Crippen molar-refractivity contribution in [3.05, 3.63) is 58.6 Å². The average molecular weight is 275 g/mol. The summed E-state index contributed by atoms with van der Waals surface area (Å²) in [7, 11) is 0. The number of halogens is 1. The minimum absolute atomic E-state index is 0.545. The van der Waals surface area contributed by atoms with Gasteiger partial charge in [0.1, 0.15) is 0 Å². The first-order chi connectivity index (χ1) is 7.70. The Bertz CT molecular complexity index is 486. The fourth-order valence-corrected chi connectivity index (χ4v) is 2.42. The van der Waals surface area contributed by atoms with Crippen molar-refractivity contribution in [3.63, 3.8) is 0 Å². The zero-order chi connectivity index (χ0) is 11.5. The van der Waals surface area contributed by atoms with Gasteiger partial charge in [-0.3, -0.25) is 0 Å². The maximum Gasteiger partial charge on any atom is 0.0253 e. The van der Waals surface area contributed by atoms with Gasteiger partial charge in [0.05, 0.1) is 0 Å². The lowest BCUT2D eigenvalue weighted by molar-refractivity contribution is 0.869. The maximum absolute atomic E-state index is 3.62. The van der Waals surface area contributed by atoms with Gasteiger partial charge < -0.3 is 0 Å². The predicted molar refractivity (Wildman–Crippen MR) is 73.7 cm³/mol. The van der Waals surface area contributed by atoms with Crippen LogP contribution in [0.2, 0.25) is 0 Å².